The van der Waals surface area contributed by atoms with Gasteiger partial charge in [0.1, 0.15) is 0 Å². The van der Waals surface area contributed by atoms with Crippen LogP contribution in [0.15, 0.2) is 60.9 Å². The van der Waals surface area contributed by atoms with Crippen LogP contribution in [-0.2, 0) is 17.5 Å². The lowest BCUT2D eigenvalue weighted by Crippen LogP contribution is -2.43. The molecule has 0 N–H and O–H groups in total. The first-order valence-corrected chi connectivity index (χ1v) is 13.7. The molecule has 1 aromatic heterocycles. The monoisotopic (exact) mass is 571 g/mol. The number of carbonyl (C=O) groups excluding carboxylic acids is 1. The zero-order valence-corrected chi connectivity index (χ0v) is 23.7. The standard InChI is InChI=1S/C29H32BClF3N4O2/c1-5-24-14-25(26(20-9-7-6-8-10-20)38(24)28(39)40-18(2)3)37(27-35-15-22(30-4)16-36-27)17-19-11-21(29(32,33)34)13-23(31)12-19/h6-13,15-16,18,24-26H,5,14,17H2,1-4H3/t24-,25+,26?/m1/s1. The highest BCUT2D eigenvalue weighted by Gasteiger charge is 2.48. The Kier molecular flexibility index (Phi) is 9.28. The molecule has 6 nitrogen and oxygen atoms in total. The molecule has 0 saturated carbocycles. The predicted molar refractivity (Wildman–Crippen MR) is 151 cm³/mol. The van der Waals surface area contributed by atoms with Crippen molar-refractivity contribution < 1.29 is 22.7 Å². The molecule has 1 saturated heterocycles. The van der Waals surface area contributed by atoms with E-state index in [9.17, 15) is 18.0 Å². The molecule has 0 bridgehead atoms. The van der Waals surface area contributed by atoms with Crippen molar-refractivity contribution in [3.63, 3.8) is 0 Å². The number of likely N-dealkylation sites (tertiary alicyclic amines) is 1. The molecule has 3 atom stereocenters. The normalized spacial score (nSPS) is 19.1. The summed E-state index contributed by atoms with van der Waals surface area (Å²) in [4.78, 5) is 26.3. The van der Waals surface area contributed by atoms with Gasteiger partial charge in [-0.2, -0.15) is 13.2 Å². The number of benzene rings is 2. The third-order valence-corrected chi connectivity index (χ3v) is 7.24. The molecule has 1 fully saturated rings. The first kappa shape index (κ1) is 29.7. The Morgan fingerprint density at radius 2 is 1.85 bits per heavy atom. The SMILES string of the molecule is C[B]c1cnc(N(Cc2cc(Cl)cc(C(F)(F)F)c2)[C@H]2C[C@@H](CC)N(C(=O)OC(C)C)C2c2ccccc2)nc1. The number of carbonyl (C=O) groups is 1. The molecule has 4 rings (SSSR count). The van der Waals surface area contributed by atoms with Gasteiger partial charge in [-0.25, -0.2) is 14.8 Å². The minimum atomic E-state index is -4.55. The minimum absolute atomic E-state index is 0.0128. The highest BCUT2D eigenvalue weighted by molar-refractivity contribution is 6.51. The maximum Gasteiger partial charge on any atom is 0.416 e. The van der Waals surface area contributed by atoms with E-state index in [1.54, 1.807) is 31.1 Å². The zero-order valence-electron chi connectivity index (χ0n) is 22.9. The second-order valence-corrected chi connectivity index (χ2v) is 10.6. The van der Waals surface area contributed by atoms with Crippen molar-refractivity contribution in [2.45, 2.75) is 77.4 Å². The second-order valence-electron chi connectivity index (χ2n) is 10.1. The molecule has 0 aliphatic carbocycles. The molecule has 0 spiro atoms. The van der Waals surface area contributed by atoms with Gasteiger partial charge in [0.15, 0.2) is 7.28 Å². The quantitative estimate of drug-likeness (QED) is 0.283. The van der Waals surface area contributed by atoms with Gasteiger partial charge in [-0.3, -0.25) is 4.90 Å². The Morgan fingerprint density at radius 3 is 2.42 bits per heavy atom. The largest absolute Gasteiger partial charge is 0.447 e. The number of amides is 1. The summed E-state index contributed by atoms with van der Waals surface area (Å²) < 4.78 is 46.6. The van der Waals surface area contributed by atoms with Gasteiger partial charge < -0.3 is 9.64 Å². The van der Waals surface area contributed by atoms with Gasteiger partial charge in [0.25, 0.3) is 0 Å². The lowest BCUT2D eigenvalue weighted by molar-refractivity contribution is -0.137. The molecular weight excluding hydrogens is 540 g/mol. The van der Waals surface area contributed by atoms with E-state index in [2.05, 4.69) is 9.97 Å². The smallest absolute Gasteiger partial charge is 0.416 e. The van der Waals surface area contributed by atoms with Crippen molar-refractivity contribution in [2.24, 2.45) is 0 Å². The first-order chi connectivity index (χ1) is 19.0. The fourth-order valence-electron chi connectivity index (χ4n) is 5.22. The third kappa shape index (κ3) is 6.71. The van der Waals surface area contributed by atoms with E-state index in [-0.39, 0.29) is 29.8 Å². The van der Waals surface area contributed by atoms with Crippen LogP contribution < -0.4 is 10.4 Å². The van der Waals surface area contributed by atoms with Gasteiger partial charge >= 0.3 is 12.3 Å². The Morgan fingerprint density at radius 1 is 1.18 bits per heavy atom. The van der Waals surface area contributed by atoms with Crippen LogP contribution in [0.25, 0.3) is 0 Å². The third-order valence-electron chi connectivity index (χ3n) is 7.02. The first-order valence-electron chi connectivity index (χ1n) is 13.3. The summed E-state index contributed by atoms with van der Waals surface area (Å²) in [5, 5.41) is -0.0128. The molecule has 1 amide bonds. The number of aromatic nitrogens is 2. The molecule has 1 unspecified atom stereocenters. The summed E-state index contributed by atoms with van der Waals surface area (Å²) in [6.45, 7) is 7.52. The highest BCUT2D eigenvalue weighted by atomic mass is 35.5. The van der Waals surface area contributed by atoms with Gasteiger partial charge in [-0.15, -0.1) is 0 Å². The maximum atomic E-state index is 13.7. The number of ether oxygens (including phenoxy) is 1. The van der Waals surface area contributed by atoms with Crippen LogP contribution in [0.2, 0.25) is 11.8 Å². The Bertz CT molecular complexity index is 1290. The lowest BCUT2D eigenvalue weighted by atomic mass is 9.75. The minimum Gasteiger partial charge on any atom is -0.447 e. The number of nitrogens with zero attached hydrogens (tertiary/aromatic N) is 4. The molecule has 40 heavy (non-hydrogen) atoms. The Hall–Kier alpha value is -3.27. The van der Waals surface area contributed by atoms with Crippen molar-refractivity contribution in [1.82, 2.24) is 14.9 Å². The van der Waals surface area contributed by atoms with Crippen LogP contribution in [-0.4, -0.2) is 46.4 Å². The molecule has 11 heteroatoms. The van der Waals surface area contributed by atoms with Crippen molar-refractivity contribution in [1.29, 1.82) is 0 Å². The van der Waals surface area contributed by atoms with Crippen molar-refractivity contribution >= 4 is 36.4 Å². The van der Waals surface area contributed by atoms with Crippen LogP contribution >= 0.6 is 11.6 Å². The van der Waals surface area contributed by atoms with Gasteiger partial charge in [0.05, 0.1) is 23.8 Å². The molecule has 1 radical (unpaired) electrons. The van der Waals surface area contributed by atoms with E-state index in [0.29, 0.717) is 24.4 Å². The van der Waals surface area contributed by atoms with E-state index in [4.69, 9.17) is 16.3 Å². The molecule has 2 heterocycles. The zero-order chi connectivity index (χ0) is 29.0. The van der Waals surface area contributed by atoms with Crippen molar-refractivity contribution in [3.05, 3.63) is 82.6 Å². The summed E-state index contributed by atoms with van der Waals surface area (Å²) in [7, 11) is 1.86. The van der Waals surface area contributed by atoms with Crippen molar-refractivity contribution in [2.75, 3.05) is 4.90 Å². The van der Waals surface area contributed by atoms with Crippen molar-refractivity contribution in [3.8, 4) is 0 Å². The molecule has 2 aromatic carbocycles. The predicted octanol–water partition coefficient (Wildman–Crippen LogP) is 6.67. The van der Waals surface area contributed by atoms with E-state index < -0.39 is 23.9 Å². The van der Waals surface area contributed by atoms with Gasteiger partial charge in [0, 0.05) is 30.0 Å². The van der Waals surface area contributed by atoms with E-state index in [0.717, 1.165) is 23.2 Å². The number of anilines is 1. The number of halogens is 4. The summed E-state index contributed by atoms with van der Waals surface area (Å²) in [5.74, 6) is 0.346. The topological polar surface area (TPSA) is 58.6 Å². The molecule has 1 aliphatic rings. The van der Waals surface area contributed by atoms with Gasteiger partial charge in [0.2, 0.25) is 5.95 Å². The molecule has 1 aliphatic heterocycles. The van der Waals surface area contributed by atoms with Crippen LogP contribution in [0, 0.1) is 0 Å². The summed E-state index contributed by atoms with van der Waals surface area (Å²) >= 11 is 6.14. The average molecular weight is 572 g/mol. The fraction of sp³-hybridized carbons (Fsp3) is 0.414. The number of hydrogen-bond acceptors (Lipinski definition) is 5. The Labute approximate surface area is 238 Å². The Balaban J connectivity index is 1.84. The van der Waals surface area contributed by atoms with Gasteiger partial charge in [-0.05, 0) is 56.0 Å². The van der Waals surface area contributed by atoms with E-state index in [1.807, 2.05) is 56.3 Å². The summed E-state index contributed by atoms with van der Waals surface area (Å²) in [6, 6.07) is 12.1. The molecule has 3 aromatic rings. The van der Waals surface area contributed by atoms with Crippen LogP contribution in [0.1, 0.15) is 56.3 Å². The molecule has 211 valence electrons. The highest BCUT2D eigenvalue weighted by Crippen LogP contribution is 2.43. The van der Waals surface area contributed by atoms with E-state index in [1.165, 1.54) is 6.07 Å². The van der Waals surface area contributed by atoms with Crippen LogP contribution in [0.4, 0.5) is 23.9 Å². The number of hydrogen-bond donors (Lipinski definition) is 0. The lowest BCUT2D eigenvalue weighted by Gasteiger charge is -2.36. The summed E-state index contributed by atoms with van der Waals surface area (Å²) in [6.07, 6.45) is -0.750. The maximum absolute atomic E-state index is 13.7. The number of alkyl halides is 3. The summed E-state index contributed by atoms with van der Waals surface area (Å²) in [5.41, 5.74) is 1.23. The van der Waals surface area contributed by atoms with Crippen LogP contribution in [0.3, 0.4) is 0 Å². The fourth-order valence-corrected chi connectivity index (χ4v) is 5.48. The average Bonchev–Trinajstić information content (AvgIpc) is 3.31. The second kappa shape index (κ2) is 12.5. The van der Waals surface area contributed by atoms with Crippen LogP contribution in [0.5, 0.6) is 0 Å². The van der Waals surface area contributed by atoms with Gasteiger partial charge in [-0.1, -0.05) is 61.1 Å². The molecular formula is C29H32BClF3N4O2. The number of rotatable bonds is 8. The van der Waals surface area contributed by atoms with E-state index >= 15 is 0 Å².